The first-order valence-electron chi connectivity index (χ1n) is 6.80. The molecule has 6 heteroatoms. The molecular formula is C14H16F5N. The van der Waals surface area contributed by atoms with Crippen molar-refractivity contribution < 1.29 is 22.0 Å². The molecule has 1 aromatic rings. The lowest BCUT2D eigenvalue weighted by atomic mass is 9.96. The van der Waals surface area contributed by atoms with Crippen LogP contribution in [-0.4, -0.2) is 6.04 Å². The van der Waals surface area contributed by atoms with E-state index in [0.29, 0.717) is 12.8 Å². The van der Waals surface area contributed by atoms with E-state index in [2.05, 4.69) is 5.32 Å². The molecule has 0 radical (unpaired) electrons. The zero-order chi connectivity index (χ0) is 14.7. The van der Waals surface area contributed by atoms with Crippen LogP contribution in [0.15, 0.2) is 0 Å². The van der Waals surface area contributed by atoms with Crippen molar-refractivity contribution in [1.82, 2.24) is 0 Å². The van der Waals surface area contributed by atoms with Gasteiger partial charge in [-0.2, -0.15) is 0 Å². The van der Waals surface area contributed by atoms with Gasteiger partial charge in [-0.1, -0.05) is 32.1 Å². The predicted octanol–water partition coefficient (Wildman–Crippen LogP) is 4.91. The van der Waals surface area contributed by atoms with Crippen LogP contribution in [0.3, 0.4) is 0 Å². The topological polar surface area (TPSA) is 12.0 Å². The van der Waals surface area contributed by atoms with Crippen LogP contribution < -0.4 is 5.32 Å². The molecule has 0 bridgehead atoms. The fourth-order valence-corrected chi connectivity index (χ4v) is 2.54. The van der Waals surface area contributed by atoms with Gasteiger partial charge in [0.05, 0.1) is 0 Å². The van der Waals surface area contributed by atoms with Crippen LogP contribution in [0, 0.1) is 29.1 Å². The first-order valence-corrected chi connectivity index (χ1v) is 6.80. The van der Waals surface area contributed by atoms with E-state index in [0.717, 1.165) is 32.1 Å². The van der Waals surface area contributed by atoms with Gasteiger partial charge in [-0.05, 0) is 12.8 Å². The summed E-state index contributed by atoms with van der Waals surface area (Å²) >= 11 is 0. The number of rotatable bonds is 2. The van der Waals surface area contributed by atoms with Crippen molar-refractivity contribution in [3.05, 3.63) is 29.1 Å². The molecule has 1 aliphatic carbocycles. The highest BCUT2D eigenvalue weighted by Crippen LogP contribution is 2.29. The lowest BCUT2D eigenvalue weighted by Gasteiger charge is -2.23. The third-order valence-corrected chi connectivity index (χ3v) is 3.66. The Bertz CT molecular complexity index is 452. The summed E-state index contributed by atoms with van der Waals surface area (Å²) in [6.45, 7) is 0. The Hall–Kier alpha value is -1.33. The van der Waals surface area contributed by atoms with Gasteiger partial charge in [-0.3, -0.25) is 0 Å². The smallest absolute Gasteiger partial charge is 0.200 e. The van der Waals surface area contributed by atoms with Crippen molar-refractivity contribution in [2.24, 2.45) is 0 Å². The summed E-state index contributed by atoms with van der Waals surface area (Å²) in [5.74, 6) is -9.51. The number of anilines is 1. The third kappa shape index (κ3) is 3.04. The molecule has 1 saturated carbocycles. The summed E-state index contributed by atoms with van der Waals surface area (Å²) in [5.41, 5.74) is -0.910. The van der Waals surface area contributed by atoms with Gasteiger partial charge in [0.1, 0.15) is 5.69 Å². The van der Waals surface area contributed by atoms with Gasteiger partial charge in [0, 0.05) is 6.04 Å². The first kappa shape index (κ1) is 15.1. The standard InChI is InChI=1S/C14H16F5N/c15-9-10(16)12(18)14(13(19)11(9)17)20-8-6-4-2-1-3-5-7-8/h8,20H,1-7H2. The van der Waals surface area contributed by atoms with E-state index >= 15 is 0 Å². The zero-order valence-corrected chi connectivity index (χ0v) is 10.9. The molecular weight excluding hydrogens is 277 g/mol. The number of hydrogen-bond acceptors (Lipinski definition) is 1. The highest BCUT2D eigenvalue weighted by Gasteiger charge is 2.27. The third-order valence-electron chi connectivity index (χ3n) is 3.66. The molecule has 112 valence electrons. The van der Waals surface area contributed by atoms with Crippen LogP contribution in [-0.2, 0) is 0 Å². The van der Waals surface area contributed by atoms with Gasteiger partial charge < -0.3 is 5.32 Å². The molecule has 0 spiro atoms. The van der Waals surface area contributed by atoms with E-state index in [9.17, 15) is 22.0 Å². The van der Waals surface area contributed by atoms with Gasteiger partial charge >= 0.3 is 0 Å². The summed E-state index contributed by atoms with van der Waals surface area (Å²) in [7, 11) is 0. The quantitative estimate of drug-likeness (QED) is 0.464. The van der Waals surface area contributed by atoms with Crippen molar-refractivity contribution in [2.45, 2.75) is 51.0 Å². The molecule has 1 nitrogen and oxygen atoms in total. The van der Waals surface area contributed by atoms with Crippen LogP contribution in [0.5, 0.6) is 0 Å². The van der Waals surface area contributed by atoms with E-state index in [1.165, 1.54) is 0 Å². The monoisotopic (exact) mass is 293 g/mol. The molecule has 1 aliphatic rings. The van der Waals surface area contributed by atoms with Crippen LogP contribution in [0.25, 0.3) is 0 Å². The fourth-order valence-electron chi connectivity index (χ4n) is 2.54. The van der Waals surface area contributed by atoms with Crippen LogP contribution in [0.2, 0.25) is 0 Å². The zero-order valence-electron chi connectivity index (χ0n) is 10.9. The maximum absolute atomic E-state index is 13.6. The van der Waals surface area contributed by atoms with E-state index in [4.69, 9.17) is 0 Å². The molecule has 0 aliphatic heterocycles. The second-order valence-electron chi connectivity index (χ2n) is 5.13. The first-order chi connectivity index (χ1) is 9.52. The predicted molar refractivity (Wildman–Crippen MR) is 66.0 cm³/mol. The van der Waals surface area contributed by atoms with Crippen molar-refractivity contribution in [3.63, 3.8) is 0 Å². The Labute approximate surface area is 114 Å². The second kappa shape index (κ2) is 6.41. The molecule has 0 amide bonds. The Balaban J connectivity index is 2.24. The minimum absolute atomic E-state index is 0.261. The number of halogens is 5. The molecule has 0 aromatic heterocycles. The van der Waals surface area contributed by atoms with Gasteiger partial charge in [-0.15, -0.1) is 0 Å². The van der Waals surface area contributed by atoms with Gasteiger partial charge in [-0.25, -0.2) is 22.0 Å². The lowest BCUT2D eigenvalue weighted by molar-refractivity contribution is 0.379. The van der Waals surface area contributed by atoms with E-state index < -0.39 is 34.8 Å². The molecule has 1 fully saturated rings. The van der Waals surface area contributed by atoms with Crippen molar-refractivity contribution in [3.8, 4) is 0 Å². The van der Waals surface area contributed by atoms with Crippen LogP contribution >= 0.6 is 0 Å². The largest absolute Gasteiger partial charge is 0.377 e. The van der Waals surface area contributed by atoms with E-state index in [1.807, 2.05) is 0 Å². The summed E-state index contributed by atoms with van der Waals surface area (Å²) in [5, 5.41) is 2.50. The van der Waals surface area contributed by atoms with Crippen molar-refractivity contribution in [2.75, 3.05) is 5.32 Å². The molecule has 20 heavy (non-hydrogen) atoms. The average Bonchev–Trinajstić information content (AvgIpc) is 2.41. The normalized spacial score (nSPS) is 17.6. The molecule has 0 unspecified atom stereocenters. The average molecular weight is 293 g/mol. The second-order valence-corrected chi connectivity index (χ2v) is 5.13. The lowest BCUT2D eigenvalue weighted by Crippen LogP contribution is -2.23. The van der Waals surface area contributed by atoms with Gasteiger partial charge in [0.15, 0.2) is 23.3 Å². The maximum Gasteiger partial charge on any atom is 0.200 e. The Morgan fingerprint density at radius 3 is 1.50 bits per heavy atom. The van der Waals surface area contributed by atoms with Crippen LogP contribution in [0.1, 0.15) is 44.9 Å². The minimum atomic E-state index is -2.12. The highest BCUT2D eigenvalue weighted by molar-refractivity contribution is 5.48. The van der Waals surface area contributed by atoms with Crippen LogP contribution in [0.4, 0.5) is 27.6 Å². The summed E-state index contributed by atoms with van der Waals surface area (Å²) < 4.78 is 66.3. The Morgan fingerprint density at radius 1 is 0.600 bits per heavy atom. The van der Waals surface area contributed by atoms with Crippen molar-refractivity contribution >= 4 is 5.69 Å². The van der Waals surface area contributed by atoms with Crippen molar-refractivity contribution in [1.29, 1.82) is 0 Å². The number of hydrogen-bond donors (Lipinski definition) is 1. The molecule has 1 aromatic carbocycles. The summed E-state index contributed by atoms with van der Waals surface area (Å²) in [6, 6.07) is -0.261. The molecule has 0 heterocycles. The fraction of sp³-hybridized carbons (Fsp3) is 0.571. The van der Waals surface area contributed by atoms with E-state index in [1.54, 1.807) is 0 Å². The molecule has 0 atom stereocenters. The Kier molecular flexibility index (Phi) is 4.83. The van der Waals surface area contributed by atoms with Gasteiger partial charge in [0.2, 0.25) is 5.82 Å². The maximum atomic E-state index is 13.6. The number of benzene rings is 1. The molecule has 1 N–H and O–H groups in total. The SMILES string of the molecule is Fc1c(F)c(F)c(NC2CCCCCCC2)c(F)c1F. The molecule has 2 rings (SSSR count). The van der Waals surface area contributed by atoms with Gasteiger partial charge in [0.25, 0.3) is 0 Å². The summed E-state index contributed by atoms with van der Waals surface area (Å²) in [6.07, 6.45) is 6.26. The highest BCUT2D eigenvalue weighted by atomic mass is 19.2. The molecule has 0 saturated heterocycles. The summed E-state index contributed by atoms with van der Waals surface area (Å²) in [4.78, 5) is 0. The number of nitrogens with one attached hydrogen (secondary N) is 1. The minimum Gasteiger partial charge on any atom is -0.377 e. The Morgan fingerprint density at radius 2 is 1.00 bits per heavy atom. The van der Waals surface area contributed by atoms with E-state index in [-0.39, 0.29) is 6.04 Å².